The van der Waals surface area contributed by atoms with Crippen molar-refractivity contribution in [1.29, 1.82) is 0 Å². The Kier molecular flexibility index (Phi) is 4.06. The first-order chi connectivity index (χ1) is 7.70. The zero-order valence-corrected chi connectivity index (χ0v) is 10.6. The van der Waals surface area contributed by atoms with Gasteiger partial charge in [0.2, 0.25) is 0 Å². The van der Waals surface area contributed by atoms with Crippen LogP contribution in [0.5, 0.6) is 0 Å². The summed E-state index contributed by atoms with van der Waals surface area (Å²) >= 11 is 12.2. The first-order valence-corrected chi connectivity index (χ1v) is 6.50. The summed E-state index contributed by atoms with van der Waals surface area (Å²) in [7, 11) is 0. The SMILES string of the molecule is N[C@H](c1c(Cl)cncc1Cl)C1CCCCC1. The first-order valence-electron chi connectivity index (χ1n) is 5.74. The number of hydrogen-bond acceptors (Lipinski definition) is 2. The van der Waals surface area contributed by atoms with Crippen LogP contribution in [0.4, 0.5) is 0 Å². The van der Waals surface area contributed by atoms with Crippen molar-refractivity contribution in [1.82, 2.24) is 4.98 Å². The molecule has 4 heteroatoms. The lowest BCUT2D eigenvalue weighted by Crippen LogP contribution is -2.24. The molecule has 0 amide bonds. The van der Waals surface area contributed by atoms with Gasteiger partial charge >= 0.3 is 0 Å². The number of halogens is 2. The fourth-order valence-electron chi connectivity index (χ4n) is 2.47. The van der Waals surface area contributed by atoms with Gasteiger partial charge < -0.3 is 5.73 Å². The van der Waals surface area contributed by atoms with E-state index in [0.717, 1.165) is 5.56 Å². The third-order valence-electron chi connectivity index (χ3n) is 3.38. The Bertz CT molecular complexity index is 342. The van der Waals surface area contributed by atoms with Crippen LogP contribution in [-0.2, 0) is 0 Å². The van der Waals surface area contributed by atoms with E-state index in [4.69, 9.17) is 28.9 Å². The molecule has 1 aliphatic carbocycles. The molecule has 0 saturated heterocycles. The van der Waals surface area contributed by atoms with Gasteiger partial charge in [0.05, 0.1) is 10.0 Å². The molecule has 1 atom stereocenters. The van der Waals surface area contributed by atoms with Gasteiger partial charge in [-0.15, -0.1) is 0 Å². The van der Waals surface area contributed by atoms with Crippen molar-refractivity contribution in [3.63, 3.8) is 0 Å². The van der Waals surface area contributed by atoms with Gasteiger partial charge in [-0.2, -0.15) is 0 Å². The minimum atomic E-state index is -0.0525. The summed E-state index contributed by atoms with van der Waals surface area (Å²) < 4.78 is 0. The van der Waals surface area contributed by atoms with Crippen LogP contribution in [0.1, 0.15) is 43.7 Å². The summed E-state index contributed by atoms with van der Waals surface area (Å²) in [6.07, 6.45) is 9.43. The molecule has 1 aromatic heterocycles. The van der Waals surface area contributed by atoms with Gasteiger partial charge in [0.1, 0.15) is 0 Å². The maximum absolute atomic E-state index is 6.27. The molecule has 1 heterocycles. The normalized spacial score (nSPS) is 19.7. The molecule has 0 radical (unpaired) electrons. The molecule has 0 unspecified atom stereocenters. The molecule has 2 nitrogen and oxygen atoms in total. The second-order valence-electron chi connectivity index (χ2n) is 4.44. The van der Waals surface area contributed by atoms with Gasteiger partial charge in [0.15, 0.2) is 0 Å². The van der Waals surface area contributed by atoms with E-state index in [-0.39, 0.29) is 6.04 Å². The smallest absolute Gasteiger partial charge is 0.0652 e. The van der Waals surface area contributed by atoms with Crippen molar-refractivity contribution >= 4 is 23.2 Å². The summed E-state index contributed by atoms with van der Waals surface area (Å²) in [5.41, 5.74) is 7.14. The van der Waals surface area contributed by atoms with Gasteiger partial charge in [-0.25, -0.2) is 0 Å². The zero-order valence-electron chi connectivity index (χ0n) is 9.13. The zero-order chi connectivity index (χ0) is 11.5. The minimum absolute atomic E-state index is 0.0525. The van der Waals surface area contributed by atoms with Crippen molar-refractivity contribution in [2.45, 2.75) is 38.1 Å². The third-order valence-corrected chi connectivity index (χ3v) is 3.98. The minimum Gasteiger partial charge on any atom is -0.324 e. The van der Waals surface area contributed by atoms with Crippen LogP contribution in [0, 0.1) is 5.92 Å². The molecule has 1 saturated carbocycles. The van der Waals surface area contributed by atoms with Crippen molar-refractivity contribution < 1.29 is 0 Å². The lowest BCUT2D eigenvalue weighted by atomic mass is 9.82. The molecule has 0 aliphatic heterocycles. The summed E-state index contributed by atoms with van der Waals surface area (Å²) in [4.78, 5) is 3.95. The van der Waals surface area contributed by atoms with Crippen LogP contribution < -0.4 is 5.73 Å². The summed E-state index contributed by atoms with van der Waals surface area (Å²) in [6.45, 7) is 0. The number of nitrogens with two attached hydrogens (primary N) is 1. The van der Waals surface area contributed by atoms with Crippen molar-refractivity contribution in [3.8, 4) is 0 Å². The summed E-state index contributed by atoms with van der Waals surface area (Å²) in [6, 6.07) is -0.0525. The van der Waals surface area contributed by atoms with E-state index >= 15 is 0 Å². The number of rotatable bonds is 2. The standard InChI is InChI=1S/C12H16Cl2N2/c13-9-6-16-7-10(14)11(9)12(15)8-4-2-1-3-5-8/h6-8,12H,1-5,15H2/t12-/m0/s1. The van der Waals surface area contributed by atoms with E-state index < -0.39 is 0 Å². The number of nitrogens with zero attached hydrogens (tertiary/aromatic N) is 1. The van der Waals surface area contributed by atoms with Crippen LogP contribution in [0.15, 0.2) is 12.4 Å². The Labute approximate surface area is 106 Å². The number of pyridine rings is 1. The molecule has 0 aromatic carbocycles. The van der Waals surface area contributed by atoms with Crippen molar-refractivity contribution in [2.24, 2.45) is 11.7 Å². The number of hydrogen-bond donors (Lipinski definition) is 1. The van der Waals surface area contributed by atoms with Crippen molar-refractivity contribution in [2.75, 3.05) is 0 Å². The second-order valence-corrected chi connectivity index (χ2v) is 5.26. The number of aromatic nitrogens is 1. The van der Waals surface area contributed by atoms with Gasteiger partial charge in [-0.1, -0.05) is 42.5 Å². The first kappa shape index (κ1) is 12.2. The predicted molar refractivity (Wildman–Crippen MR) is 67.8 cm³/mol. The maximum atomic E-state index is 6.27. The van der Waals surface area contributed by atoms with Crippen molar-refractivity contribution in [3.05, 3.63) is 28.0 Å². The fourth-order valence-corrected chi connectivity index (χ4v) is 3.09. The highest BCUT2D eigenvalue weighted by Crippen LogP contribution is 2.38. The van der Waals surface area contributed by atoms with E-state index in [1.807, 2.05) is 0 Å². The van der Waals surface area contributed by atoms with E-state index in [1.165, 1.54) is 32.1 Å². The van der Waals surface area contributed by atoms with E-state index in [2.05, 4.69) is 4.98 Å². The Balaban J connectivity index is 2.22. The highest BCUT2D eigenvalue weighted by molar-refractivity contribution is 6.35. The quantitative estimate of drug-likeness (QED) is 0.872. The summed E-state index contributed by atoms with van der Waals surface area (Å²) in [5, 5.41) is 1.18. The summed E-state index contributed by atoms with van der Waals surface area (Å²) in [5.74, 6) is 0.506. The van der Waals surface area contributed by atoms with Crippen LogP contribution in [0.2, 0.25) is 10.0 Å². The average Bonchev–Trinajstić information content (AvgIpc) is 2.30. The molecular weight excluding hydrogens is 243 g/mol. The average molecular weight is 259 g/mol. The molecule has 1 fully saturated rings. The van der Waals surface area contributed by atoms with Crippen LogP contribution in [-0.4, -0.2) is 4.98 Å². The molecule has 0 bridgehead atoms. The van der Waals surface area contributed by atoms with E-state index in [0.29, 0.717) is 16.0 Å². The van der Waals surface area contributed by atoms with E-state index in [1.54, 1.807) is 12.4 Å². The highest BCUT2D eigenvalue weighted by Gasteiger charge is 2.25. The Morgan fingerprint density at radius 2 is 1.69 bits per heavy atom. The van der Waals surface area contributed by atoms with Crippen LogP contribution in [0.25, 0.3) is 0 Å². The monoisotopic (exact) mass is 258 g/mol. The molecule has 1 aliphatic rings. The van der Waals surface area contributed by atoms with Gasteiger partial charge in [0.25, 0.3) is 0 Å². The van der Waals surface area contributed by atoms with Crippen LogP contribution in [0.3, 0.4) is 0 Å². The maximum Gasteiger partial charge on any atom is 0.0652 e. The second kappa shape index (κ2) is 5.35. The van der Waals surface area contributed by atoms with E-state index in [9.17, 15) is 0 Å². The fraction of sp³-hybridized carbons (Fsp3) is 0.583. The molecule has 1 aromatic rings. The molecule has 2 N–H and O–H groups in total. The Morgan fingerprint density at radius 3 is 2.25 bits per heavy atom. The third kappa shape index (κ3) is 2.50. The lowest BCUT2D eigenvalue weighted by molar-refractivity contribution is 0.308. The molecule has 88 valence electrons. The molecule has 0 spiro atoms. The molecule has 2 rings (SSSR count). The molecule has 16 heavy (non-hydrogen) atoms. The lowest BCUT2D eigenvalue weighted by Gasteiger charge is -2.28. The Morgan fingerprint density at radius 1 is 1.12 bits per heavy atom. The Hall–Kier alpha value is -0.310. The van der Waals surface area contributed by atoms with Crippen LogP contribution >= 0.6 is 23.2 Å². The topological polar surface area (TPSA) is 38.9 Å². The highest BCUT2D eigenvalue weighted by atomic mass is 35.5. The molecular formula is C12H16Cl2N2. The predicted octanol–water partition coefficient (Wildman–Crippen LogP) is 3.97. The van der Waals surface area contributed by atoms with Gasteiger partial charge in [0, 0.05) is 24.0 Å². The largest absolute Gasteiger partial charge is 0.324 e. The van der Waals surface area contributed by atoms with Gasteiger partial charge in [-0.3, -0.25) is 4.98 Å². The van der Waals surface area contributed by atoms with Gasteiger partial charge in [-0.05, 0) is 18.8 Å².